The van der Waals surface area contributed by atoms with Crippen LogP contribution >= 0.6 is 0 Å². The van der Waals surface area contributed by atoms with Crippen LogP contribution in [0.4, 0.5) is 10.1 Å². The average molecular weight is 247 g/mol. The molecule has 0 radical (unpaired) electrons. The Balaban J connectivity index is 2.45. The van der Waals surface area contributed by atoms with E-state index in [1.807, 2.05) is 19.1 Å². The van der Waals surface area contributed by atoms with Gasteiger partial charge in [-0.25, -0.2) is 4.39 Å². The third kappa shape index (κ3) is 2.28. The topological polar surface area (TPSA) is 66.5 Å². The highest BCUT2D eigenvalue weighted by molar-refractivity contribution is 5.58. The molecule has 3 nitrogen and oxygen atoms in total. The standard InChI is InChI=1S/C14H14FNO2/c1-8-2-4-9(5-3-8)13(17)11-6-10(15)7-12(16)14(11)18/h2-7,13,17-18H,16H2,1H3. The van der Waals surface area contributed by atoms with Crippen LogP contribution < -0.4 is 5.73 Å². The lowest BCUT2D eigenvalue weighted by Gasteiger charge is -2.14. The number of halogens is 1. The van der Waals surface area contributed by atoms with Gasteiger partial charge in [0, 0.05) is 11.6 Å². The number of hydrogen-bond acceptors (Lipinski definition) is 3. The SMILES string of the molecule is Cc1ccc(C(O)c2cc(F)cc(N)c2O)cc1. The van der Waals surface area contributed by atoms with Crippen molar-refractivity contribution in [3.05, 3.63) is 58.9 Å². The molecule has 94 valence electrons. The van der Waals surface area contributed by atoms with Crippen molar-refractivity contribution in [1.29, 1.82) is 0 Å². The van der Waals surface area contributed by atoms with Gasteiger partial charge in [0.2, 0.25) is 0 Å². The van der Waals surface area contributed by atoms with Crippen LogP contribution in [0.25, 0.3) is 0 Å². The lowest BCUT2D eigenvalue weighted by Crippen LogP contribution is -2.02. The zero-order valence-corrected chi connectivity index (χ0v) is 9.89. The lowest BCUT2D eigenvalue weighted by molar-refractivity contribution is 0.215. The van der Waals surface area contributed by atoms with Crippen molar-refractivity contribution in [2.45, 2.75) is 13.0 Å². The molecule has 4 N–H and O–H groups in total. The minimum Gasteiger partial charge on any atom is -0.505 e. The van der Waals surface area contributed by atoms with Crippen LogP contribution in [-0.4, -0.2) is 10.2 Å². The van der Waals surface area contributed by atoms with E-state index < -0.39 is 11.9 Å². The number of rotatable bonds is 2. The number of nitrogen functional groups attached to an aromatic ring is 1. The molecule has 1 unspecified atom stereocenters. The quantitative estimate of drug-likeness (QED) is 0.564. The Morgan fingerprint density at radius 2 is 1.78 bits per heavy atom. The fourth-order valence-electron chi connectivity index (χ4n) is 1.78. The maximum absolute atomic E-state index is 13.2. The first-order chi connectivity index (χ1) is 8.49. The smallest absolute Gasteiger partial charge is 0.144 e. The predicted molar refractivity (Wildman–Crippen MR) is 67.7 cm³/mol. The van der Waals surface area contributed by atoms with Gasteiger partial charge in [0.1, 0.15) is 17.7 Å². The summed E-state index contributed by atoms with van der Waals surface area (Å²) in [6, 6.07) is 9.20. The highest BCUT2D eigenvalue weighted by Gasteiger charge is 2.17. The molecule has 0 saturated carbocycles. The van der Waals surface area contributed by atoms with E-state index in [1.54, 1.807) is 12.1 Å². The van der Waals surface area contributed by atoms with Gasteiger partial charge in [0.15, 0.2) is 0 Å². The molecule has 0 aromatic heterocycles. The molecular formula is C14H14FNO2. The first-order valence-electron chi connectivity index (χ1n) is 5.51. The summed E-state index contributed by atoms with van der Waals surface area (Å²) in [7, 11) is 0. The molecule has 2 aromatic rings. The monoisotopic (exact) mass is 247 g/mol. The van der Waals surface area contributed by atoms with Crippen molar-refractivity contribution in [2.75, 3.05) is 5.73 Å². The van der Waals surface area contributed by atoms with Gasteiger partial charge in [-0.3, -0.25) is 0 Å². The van der Waals surface area contributed by atoms with Crippen molar-refractivity contribution in [3.63, 3.8) is 0 Å². The number of nitrogens with two attached hydrogens (primary N) is 1. The van der Waals surface area contributed by atoms with E-state index in [0.29, 0.717) is 5.56 Å². The van der Waals surface area contributed by atoms with Crippen LogP contribution in [0.3, 0.4) is 0 Å². The molecule has 18 heavy (non-hydrogen) atoms. The minimum atomic E-state index is -1.11. The summed E-state index contributed by atoms with van der Waals surface area (Å²) in [4.78, 5) is 0. The molecule has 0 aliphatic rings. The van der Waals surface area contributed by atoms with Crippen molar-refractivity contribution < 1.29 is 14.6 Å². The Morgan fingerprint density at radius 3 is 2.39 bits per heavy atom. The largest absolute Gasteiger partial charge is 0.505 e. The lowest BCUT2D eigenvalue weighted by atomic mass is 9.99. The molecule has 0 heterocycles. The summed E-state index contributed by atoms with van der Waals surface area (Å²) in [5, 5.41) is 19.9. The van der Waals surface area contributed by atoms with Gasteiger partial charge in [-0.1, -0.05) is 29.8 Å². The van der Waals surface area contributed by atoms with E-state index in [4.69, 9.17) is 5.73 Å². The number of aryl methyl sites for hydroxylation is 1. The molecular weight excluding hydrogens is 233 g/mol. The Kier molecular flexibility index (Phi) is 3.21. The number of phenols is 1. The van der Waals surface area contributed by atoms with E-state index in [9.17, 15) is 14.6 Å². The van der Waals surface area contributed by atoms with E-state index in [0.717, 1.165) is 17.7 Å². The molecule has 0 bridgehead atoms. The van der Waals surface area contributed by atoms with Gasteiger partial charge in [0.25, 0.3) is 0 Å². The number of aliphatic hydroxyl groups excluding tert-OH is 1. The van der Waals surface area contributed by atoms with Gasteiger partial charge in [-0.2, -0.15) is 0 Å². The minimum absolute atomic E-state index is 0.0661. The maximum Gasteiger partial charge on any atom is 0.144 e. The fourth-order valence-corrected chi connectivity index (χ4v) is 1.78. The molecule has 2 aromatic carbocycles. The van der Waals surface area contributed by atoms with Crippen molar-refractivity contribution in [1.82, 2.24) is 0 Å². The summed E-state index contributed by atoms with van der Waals surface area (Å²) in [6.45, 7) is 1.92. The number of phenolic OH excluding ortho intramolecular Hbond substituents is 1. The summed E-state index contributed by atoms with van der Waals surface area (Å²) in [5.41, 5.74) is 7.06. The maximum atomic E-state index is 13.2. The van der Waals surface area contributed by atoms with Gasteiger partial charge < -0.3 is 15.9 Å². The zero-order chi connectivity index (χ0) is 13.3. The number of aromatic hydroxyl groups is 1. The van der Waals surface area contributed by atoms with Crippen molar-refractivity contribution >= 4 is 5.69 Å². The normalized spacial score (nSPS) is 12.4. The third-order valence-electron chi connectivity index (χ3n) is 2.82. The molecule has 2 rings (SSSR count). The van der Waals surface area contributed by atoms with Crippen LogP contribution in [0.2, 0.25) is 0 Å². The molecule has 4 heteroatoms. The number of hydrogen-bond donors (Lipinski definition) is 3. The van der Waals surface area contributed by atoms with E-state index in [2.05, 4.69) is 0 Å². The van der Waals surface area contributed by atoms with Gasteiger partial charge in [0.05, 0.1) is 5.69 Å². The van der Waals surface area contributed by atoms with Gasteiger partial charge in [-0.15, -0.1) is 0 Å². The van der Waals surface area contributed by atoms with Gasteiger partial charge >= 0.3 is 0 Å². The molecule has 0 fully saturated rings. The molecule has 0 spiro atoms. The summed E-state index contributed by atoms with van der Waals surface area (Å²) in [5.74, 6) is -0.879. The zero-order valence-electron chi connectivity index (χ0n) is 9.89. The molecule has 0 aliphatic heterocycles. The third-order valence-corrected chi connectivity index (χ3v) is 2.82. The second-order valence-corrected chi connectivity index (χ2v) is 4.25. The first kappa shape index (κ1) is 12.4. The second kappa shape index (κ2) is 4.66. The van der Waals surface area contributed by atoms with E-state index in [-0.39, 0.29) is 17.0 Å². The highest BCUT2D eigenvalue weighted by atomic mass is 19.1. The second-order valence-electron chi connectivity index (χ2n) is 4.25. The Morgan fingerprint density at radius 1 is 1.17 bits per heavy atom. The van der Waals surface area contributed by atoms with Gasteiger partial charge in [-0.05, 0) is 18.6 Å². The van der Waals surface area contributed by atoms with Crippen LogP contribution in [0.15, 0.2) is 36.4 Å². The van der Waals surface area contributed by atoms with Crippen molar-refractivity contribution in [2.24, 2.45) is 0 Å². The summed E-state index contributed by atoms with van der Waals surface area (Å²) < 4.78 is 13.2. The number of anilines is 1. The van der Waals surface area contributed by atoms with E-state index >= 15 is 0 Å². The number of benzene rings is 2. The fraction of sp³-hybridized carbons (Fsp3) is 0.143. The average Bonchev–Trinajstić information content (AvgIpc) is 2.34. The summed E-state index contributed by atoms with van der Waals surface area (Å²) >= 11 is 0. The summed E-state index contributed by atoms with van der Waals surface area (Å²) in [6.07, 6.45) is -1.11. The van der Waals surface area contributed by atoms with E-state index in [1.165, 1.54) is 0 Å². The van der Waals surface area contributed by atoms with Crippen LogP contribution in [0.5, 0.6) is 5.75 Å². The van der Waals surface area contributed by atoms with Crippen molar-refractivity contribution in [3.8, 4) is 5.75 Å². The molecule has 0 aliphatic carbocycles. The Hall–Kier alpha value is -2.07. The first-order valence-corrected chi connectivity index (χ1v) is 5.51. The molecule has 1 atom stereocenters. The molecule has 0 saturated heterocycles. The number of aliphatic hydroxyl groups is 1. The van der Waals surface area contributed by atoms with Crippen LogP contribution in [0, 0.1) is 12.7 Å². The van der Waals surface area contributed by atoms with Crippen LogP contribution in [0.1, 0.15) is 22.8 Å². The Bertz CT molecular complexity index is 567. The molecule has 0 amide bonds. The highest BCUT2D eigenvalue weighted by Crippen LogP contribution is 2.34. The predicted octanol–water partition coefficient (Wildman–Crippen LogP) is 2.50. The van der Waals surface area contributed by atoms with Crippen LogP contribution in [-0.2, 0) is 0 Å². The Labute approximate surface area is 104 Å².